The minimum atomic E-state index is -0.139. The molecule has 108 valence electrons. The average molecular weight is 282 g/mol. The zero-order chi connectivity index (χ0) is 14.8. The van der Waals surface area contributed by atoms with Crippen molar-refractivity contribution in [2.45, 2.75) is 12.3 Å². The van der Waals surface area contributed by atoms with E-state index in [0.717, 1.165) is 6.42 Å². The fraction of sp³-hybridized carbons (Fsp3) is 0.235. The van der Waals surface area contributed by atoms with Crippen molar-refractivity contribution >= 4 is 11.6 Å². The van der Waals surface area contributed by atoms with Crippen LogP contribution in [0.4, 0.5) is 5.69 Å². The third-order valence-electron chi connectivity index (χ3n) is 3.97. The summed E-state index contributed by atoms with van der Waals surface area (Å²) in [6, 6.07) is 13.4. The van der Waals surface area contributed by atoms with Crippen LogP contribution in [0.25, 0.3) is 0 Å². The molecule has 0 saturated carbocycles. The van der Waals surface area contributed by atoms with Crippen molar-refractivity contribution in [2.24, 2.45) is 0 Å². The summed E-state index contributed by atoms with van der Waals surface area (Å²) < 4.78 is 5.08. The lowest BCUT2D eigenvalue weighted by Crippen LogP contribution is -2.33. The Labute approximate surface area is 123 Å². The minimum Gasteiger partial charge on any atom is -0.497 e. The molecule has 4 nitrogen and oxygen atoms in total. The molecule has 4 heteroatoms. The van der Waals surface area contributed by atoms with Crippen LogP contribution < -0.4 is 15.8 Å². The summed E-state index contributed by atoms with van der Waals surface area (Å²) in [6.07, 6.45) is 1.02. The summed E-state index contributed by atoms with van der Waals surface area (Å²) in [4.78, 5) is 12.2. The lowest BCUT2D eigenvalue weighted by atomic mass is 9.77. The monoisotopic (exact) mass is 282 g/mol. The lowest BCUT2D eigenvalue weighted by molar-refractivity contribution is 0.0951. The van der Waals surface area contributed by atoms with E-state index >= 15 is 0 Å². The highest BCUT2D eigenvalue weighted by Gasteiger charge is 2.25. The number of benzene rings is 2. The third-order valence-corrected chi connectivity index (χ3v) is 3.97. The number of hydrogen-bond acceptors (Lipinski definition) is 3. The third kappa shape index (κ3) is 2.57. The van der Waals surface area contributed by atoms with Crippen molar-refractivity contribution < 1.29 is 9.53 Å². The maximum Gasteiger partial charge on any atom is 0.253 e. The highest BCUT2D eigenvalue weighted by atomic mass is 16.5. The van der Waals surface area contributed by atoms with Crippen molar-refractivity contribution in [2.75, 3.05) is 19.4 Å². The van der Waals surface area contributed by atoms with Crippen molar-refractivity contribution in [3.63, 3.8) is 0 Å². The summed E-state index contributed by atoms with van der Waals surface area (Å²) in [7, 11) is 1.57. The van der Waals surface area contributed by atoms with Crippen LogP contribution in [0, 0.1) is 0 Å². The molecule has 0 spiro atoms. The Bertz CT molecular complexity index is 682. The van der Waals surface area contributed by atoms with Gasteiger partial charge in [0.15, 0.2) is 0 Å². The zero-order valence-electron chi connectivity index (χ0n) is 11.9. The molecule has 2 aromatic rings. The number of nitrogens with one attached hydrogen (secondary N) is 1. The number of carbonyl (C=O) groups excluding carboxylic acids is 1. The Morgan fingerprint density at radius 1 is 1.33 bits per heavy atom. The standard InChI is InChI=1S/C17H18N2O2/c1-21-13-6-7-15(16(18)9-13)17(20)19-10-12-8-11-4-2-3-5-14(11)12/h2-7,9,12H,8,10,18H2,1H3,(H,19,20). The molecule has 1 amide bonds. The topological polar surface area (TPSA) is 64.3 Å². The van der Waals surface area contributed by atoms with E-state index in [2.05, 4.69) is 17.4 Å². The summed E-state index contributed by atoms with van der Waals surface area (Å²) in [6.45, 7) is 0.640. The molecule has 1 unspecified atom stereocenters. The van der Waals surface area contributed by atoms with Gasteiger partial charge in [-0.25, -0.2) is 0 Å². The molecule has 0 heterocycles. The van der Waals surface area contributed by atoms with E-state index in [-0.39, 0.29) is 5.91 Å². The van der Waals surface area contributed by atoms with E-state index in [1.54, 1.807) is 25.3 Å². The molecule has 0 saturated heterocycles. The highest BCUT2D eigenvalue weighted by Crippen LogP contribution is 2.34. The van der Waals surface area contributed by atoms with Crippen LogP contribution in [0.2, 0.25) is 0 Å². The highest BCUT2D eigenvalue weighted by molar-refractivity contribution is 5.99. The molecule has 3 rings (SSSR count). The lowest BCUT2D eigenvalue weighted by Gasteiger charge is -2.30. The first-order valence-electron chi connectivity index (χ1n) is 6.98. The van der Waals surface area contributed by atoms with Crippen LogP contribution in [0.5, 0.6) is 5.75 Å². The normalized spacial score (nSPS) is 15.8. The van der Waals surface area contributed by atoms with E-state index in [9.17, 15) is 4.79 Å². The number of nitrogens with two attached hydrogens (primary N) is 1. The number of rotatable bonds is 4. The molecule has 0 aliphatic heterocycles. The maximum absolute atomic E-state index is 12.2. The number of carbonyl (C=O) groups is 1. The first-order chi connectivity index (χ1) is 10.2. The van der Waals surface area contributed by atoms with Crippen molar-refractivity contribution in [3.05, 3.63) is 59.2 Å². The summed E-state index contributed by atoms with van der Waals surface area (Å²) >= 11 is 0. The van der Waals surface area contributed by atoms with Gasteiger partial charge in [-0.1, -0.05) is 24.3 Å². The van der Waals surface area contributed by atoms with Gasteiger partial charge in [0.25, 0.3) is 5.91 Å². The van der Waals surface area contributed by atoms with Gasteiger partial charge in [-0.15, -0.1) is 0 Å². The van der Waals surface area contributed by atoms with Gasteiger partial charge in [-0.3, -0.25) is 4.79 Å². The number of nitrogen functional groups attached to an aromatic ring is 1. The van der Waals surface area contributed by atoms with E-state index in [4.69, 9.17) is 10.5 Å². The average Bonchev–Trinajstić information content (AvgIpc) is 2.47. The molecular weight excluding hydrogens is 264 g/mol. The number of methoxy groups -OCH3 is 1. The summed E-state index contributed by atoms with van der Waals surface area (Å²) in [5.41, 5.74) is 9.52. The van der Waals surface area contributed by atoms with Gasteiger partial charge in [-0.2, -0.15) is 0 Å². The number of hydrogen-bond donors (Lipinski definition) is 2. The van der Waals surface area contributed by atoms with Crippen LogP contribution >= 0.6 is 0 Å². The van der Waals surface area contributed by atoms with Crippen LogP contribution in [0.15, 0.2) is 42.5 Å². The molecule has 0 aromatic heterocycles. The van der Waals surface area contributed by atoms with E-state index in [1.165, 1.54) is 11.1 Å². The number of amides is 1. The van der Waals surface area contributed by atoms with Gasteiger partial charge >= 0.3 is 0 Å². The van der Waals surface area contributed by atoms with Crippen molar-refractivity contribution in [3.8, 4) is 5.75 Å². The fourth-order valence-corrected chi connectivity index (χ4v) is 2.73. The van der Waals surface area contributed by atoms with Crippen LogP contribution in [0.1, 0.15) is 27.4 Å². The van der Waals surface area contributed by atoms with Crippen LogP contribution in [-0.4, -0.2) is 19.6 Å². The number of fused-ring (bicyclic) bond motifs is 1. The number of ether oxygens (including phenoxy) is 1. The smallest absolute Gasteiger partial charge is 0.253 e. The van der Waals surface area contributed by atoms with Gasteiger partial charge < -0.3 is 15.8 Å². The molecule has 1 aliphatic carbocycles. The zero-order valence-corrected chi connectivity index (χ0v) is 11.9. The molecule has 0 fully saturated rings. The Morgan fingerprint density at radius 3 is 2.86 bits per heavy atom. The quantitative estimate of drug-likeness (QED) is 0.846. The molecule has 1 aliphatic rings. The largest absolute Gasteiger partial charge is 0.497 e. The van der Waals surface area contributed by atoms with E-state index in [0.29, 0.717) is 29.5 Å². The van der Waals surface area contributed by atoms with Crippen molar-refractivity contribution in [1.29, 1.82) is 0 Å². The molecule has 2 aromatic carbocycles. The van der Waals surface area contributed by atoms with E-state index < -0.39 is 0 Å². The van der Waals surface area contributed by atoms with Crippen LogP contribution in [-0.2, 0) is 6.42 Å². The first-order valence-corrected chi connectivity index (χ1v) is 6.98. The Hall–Kier alpha value is -2.49. The number of anilines is 1. The predicted molar refractivity (Wildman–Crippen MR) is 82.6 cm³/mol. The molecule has 0 bridgehead atoms. The molecule has 3 N–H and O–H groups in total. The van der Waals surface area contributed by atoms with Gasteiger partial charge in [0.2, 0.25) is 0 Å². The molecular formula is C17H18N2O2. The van der Waals surface area contributed by atoms with Gasteiger partial charge in [0.05, 0.1) is 12.7 Å². The van der Waals surface area contributed by atoms with Gasteiger partial charge in [0, 0.05) is 24.2 Å². The molecule has 0 radical (unpaired) electrons. The fourth-order valence-electron chi connectivity index (χ4n) is 2.73. The van der Waals surface area contributed by atoms with Gasteiger partial charge in [0.1, 0.15) is 5.75 Å². The summed E-state index contributed by atoms with van der Waals surface area (Å²) in [5, 5.41) is 2.96. The maximum atomic E-state index is 12.2. The Balaban J connectivity index is 1.63. The second-order valence-corrected chi connectivity index (χ2v) is 5.26. The predicted octanol–water partition coefficient (Wildman–Crippen LogP) is 2.35. The first kappa shape index (κ1) is 13.5. The van der Waals surface area contributed by atoms with Crippen molar-refractivity contribution in [1.82, 2.24) is 5.32 Å². The Morgan fingerprint density at radius 2 is 2.14 bits per heavy atom. The molecule has 1 atom stereocenters. The second-order valence-electron chi connectivity index (χ2n) is 5.26. The second kappa shape index (κ2) is 5.48. The summed E-state index contributed by atoms with van der Waals surface area (Å²) in [5.74, 6) is 0.918. The minimum absolute atomic E-state index is 0.139. The SMILES string of the molecule is COc1ccc(C(=O)NCC2Cc3ccccc32)c(N)c1. The van der Waals surface area contributed by atoms with E-state index in [1.807, 2.05) is 12.1 Å². The van der Waals surface area contributed by atoms with Crippen LogP contribution in [0.3, 0.4) is 0 Å². The molecule has 21 heavy (non-hydrogen) atoms. The van der Waals surface area contributed by atoms with Gasteiger partial charge in [-0.05, 0) is 29.7 Å². The Kier molecular flexibility index (Phi) is 3.52.